The van der Waals surface area contributed by atoms with Crippen LogP contribution >= 0.6 is 11.3 Å². The SMILES string of the molecule is Cc1cc(C(=O)Nc2ccccc2-c2nc3ccccc3s2)ccc1[N+](=O)[O-]. The fourth-order valence-electron chi connectivity index (χ4n) is 2.96. The fourth-order valence-corrected chi connectivity index (χ4v) is 3.97. The monoisotopic (exact) mass is 389 g/mol. The zero-order chi connectivity index (χ0) is 19.7. The van der Waals surface area contributed by atoms with Crippen LogP contribution in [0.15, 0.2) is 66.7 Å². The number of fused-ring (bicyclic) bond motifs is 1. The van der Waals surface area contributed by atoms with E-state index in [-0.39, 0.29) is 11.6 Å². The van der Waals surface area contributed by atoms with Crippen LogP contribution in [0.3, 0.4) is 0 Å². The first-order valence-corrected chi connectivity index (χ1v) is 9.36. The number of para-hydroxylation sites is 2. The van der Waals surface area contributed by atoms with Crippen LogP contribution in [0, 0.1) is 17.0 Å². The van der Waals surface area contributed by atoms with Gasteiger partial charge in [-0.15, -0.1) is 11.3 Å². The highest BCUT2D eigenvalue weighted by atomic mass is 32.1. The van der Waals surface area contributed by atoms with Crippen molar-refractivity contribution in [2.24, 2.45) is 0 Å². The summed E-state index contributed by atoms with van der Waals surface area (Å²) in [6.45, 7) is 1.62. The maximum Gasteiger partial charge on any atom is 0.272 e. The van der Waals surface area contributed by atoms with Gasteiger partial charge < -0.3 is 5.32 Å². The predicted molar refractivity (Wildman–Crippen MR) is 111 cm³/mol. The molecule has 0 aliphatic rings. The highest BCUT2D eigenvalue weighted by Gasteiger charge is 2.16. The van der Waals surface area contributed by atoms with Crippen molar-refractivity contribution in [3.8, 4) is 10.6 Å². The van der Waals surface area contributed by atoms with Gasteiger partial charge in [-0.1, -0.05) is 24.3 Å². The summed E-state index contributed by atoms with van der Waals surface area (Å²) in [5.41, 5.74) is 3.18. The molecule has 4 rings (SSSR count). The second-order valence-electron chi connectivity index (χ2n) is 6.24. The van der Waals surface area contributed by atoms with Gasteiger partial charge in [0.15, 0.2) is 0 Å². The van der Waals surface area contributed by atoms with Gasteiger partial charge in [-0.25, -0.2) is 4.98 Å². The van der Waals surface area contributed by atoms with Gasteiger partial charge in [0.05, 0.1) is 20.8 Å². The first kappa shape index (κ1) is 17.8. The molecule has 0 aliphatic carbocycles. The summed E-state index contributed by atoms with van der Waals surface area (Å²) in [4.78, 5) is 27.9. The smallest absolute Gasteiger partial charge is 0.272 e. The number of nitro benzene ring substituents is 1. The number of nitro groups is 1. The molecule has 0 radical (unpaired) electrons. The third-order valence-corrected chi connectivity index (χ3v) is 5.42. The number of carbonyl (C=O) groups excluding carboxylic acids is 1. The largest absolute Gasteiger partial charge is 0.321 e. The van der Waals surface area contributed by atoms with E-state index >= 15 is 0 Å². The first-order chi connectivity index (χ1) is 13.5. The molecule has 1 heterocycles. The number of aryl methyl sites for hydroxylation is 1. The zero-order valence-corrected chi connectivity index (χ0v) is 15.7. The number of hydrogen-bond donors (Lipinski definition) is 1. The molecule has 0 fully saturated rings. The quantitative estimate of drug-likeness (QED) is 0.372. The van der Waals surface area contributed by atoms with Crippen LogP contribution in [0.2, 0.25) is 0 Å². The van der Waals surface area contributed by atoms with Gasteiger partial charge in [0, 0.05) is 22.8 Å². The van der Waals surface area contributed by atoms with E-state index < -0.39 is 4.92 Å². The molecule has 0 spiro atoms. The van der Waals surface area contributed by atoms with E-state index in [1.165, 1.54) is 18.2 Å². The fraction of sp³-hybridized carbons (Fsp3) is 0.0476. The minimum Gasteiger partial charge on any atom is -0.321 e. The number of carbonyl (C=O) groups is 1. The number of nitrogens with one attached hydrogen (secondary N) is 1. The Bertz CT molecular complexity index is 1180. The molecule has 1 amide bonds. The molecule has 6 nitrogen and oxygen atoms in total. The summed E-state index contributed by atoms with van der Waals surface area (Å²) in [5, 5.41) is 14.7. The molecule has 0 saturated carbocycles. The normalized spacial score (nSPS) is 10.8. The number of thiazole rings is 1. The molecule has 0 atom stereocenters. The van der Waals surface area contributed by atoms with Crippen molar-refractivity contribution >= 4 is 38.8 Å². The number of rotatable bonds is 4. The summed E-state index contributed by atoms with van der Waals surface area (Å²) >= 11 is 1.56. The summed E-state index contributed by atoms with van der Waals surface area (Å²) in [7, 11) is 0. The molecule has 7 heteroatoms. The maximum absolute atomic E-state index is 12.7. The van der Waals surface area contributed by atoms with Crippen molar-refractivity contribution in [2.45, 2.75) is 6.92 Å². The molecule has 3 aromatic carbocycles. The highest BCUT2D eigenvalue weighted by Crippen LogP contribution is 2.34. The third-order valence-electron chi connectivity index (χ3n) is 4.36. The minimum atomic E-state index is -0.459. The highest BCUT2D eigenvalue weighted by molar-refractivity contribution is 7.21. The predicted octanol–water partition coefficient (Wildman–Crippen LogP) is 5.43. The van der Waals surface area contributed by atoms with Crippen LogP contribution in [-0.2, 0) is 0 Å². The molecule has 4 aromatic rings. The lowest BCUT2D eigenvalue weighted by Gasteiger charge is -2.10. The van der Waals surface area contributed by atoms with Crippen LogP contribution < -0.4 is 5.32 Å². The Morgan fingerprint density at radius 3 is 2.57 bits per heavy atom. The Hall–Kier alpha value is -3.58. The number of amides is 1. The van der Waals surface area contributed by atoms with Crippen molar-refractivity contribution in [1.29, 1.82) is 0 Å². The Morgan fingerprint density at radius 2 is 1.82 bits per heavy atom. The summed E-state index contributed by atoms with van der Waals surface area (Å²) < 4.78 is 1.07. The Balaban J connectivity index is 1.66. The molecular weight excluding hydrogens is 374 g/mol. The Morgan fingerprint density at radius 1 is 1.07 bits per heavy atom. The molecule has 0 saturated heterocycles. The van der Waals surface area contributed by atoms with E-state index in [2.05, 4.69) is 10.3 Å². The van der Waals surface area contributed by atoms with E-state index in [1.807, 2.05) is 48.5 Å². The van der Waals surface area contributed by atoms with Crippen molar-refractivity contribution < 1.29 is 9.72 Å². The maximum atomic E-state index is 12.7. The minimum absolute atomic E-state index is 0.00794. The van der Waals surface area contributed by atoms with Gasteiger partial charge in [0.25, 0.3) is 11.6 Å². The Labute approximate surface area is 164 Å². The van der Waals surface area contributed by atoms with Crippen molar-refractivity contribution in [1.82, 2.24) is 4.98 Å². The van der Waals surface area contributed by atoms with E-state index in [4.69, 9.17) is 0 Å². The standard InChI is InChI=1S/C21H15N3O3S/c1-13-12-14(10-11-18(13)24(26)27)20(25)22-16-7-3-2-6-15(16)21-23-17-8-4-5-9-19(17)28-21/h2-12H,1H3,(H,22,25). The molecule has 0 unspecified atom stereocenters. The lowest BCUT2D eigenvalue weighted by molar-refractivity contribution is -0.385. The number of hydrogen-bond acceptors (Lipinski definition) is 5. The van der Waals surface area contributed by atoms with E-state index in [9.17, 15) is 14.9 Å². The van der Waals surface area contributed by atoms with Crippen LogP contribution in [0.4, 0.5) is 11.4 Å². The third kappa shape index (κ3) is 3.35. The van der Waals surface area contributed by atoms with Crippen molar-refractivity contribution in [3.63, 3.8) is 0 Å². The van der Waals surface area contributed by atoms with Gasteiger partial charge in [-0.05, 0) is 43.3 Å². The molecule has 1 aromatic heterocycles. The number of anilines is 1. The average Bonchev–Trinajstić information content (AvgIpc) is 3.12. The van der Waals surface area contributed by atoms with Crippen LogP contribution in [0.5, 0.6) is 0 Å². The molecule has 138 valence electrons. The molecule has 0 aliphatic heterocycles. The number of nitrogens with zero attached hydrogens (tertiary/aromatic N) is 2. The molecular formula is C21H15N3O3S. The van der Waals surface area contributed by atoms with Crippen molar-refractivity contribution in [3.05, 3.63) is 88.0 Å². The number of benzene rings is 3. The summed E-state index contributed by atoms with van der Waals surface area (Å²) in [6, 6.07) is 19.7. The van der Waals surface area contributed by atoms with E-state index in [0.29, 0.717) is 16.8 Å². The summed E-state index contributed by atoms with van der Waals surface area (Å²) in [6.07, 6.45) is 0. The second kappa shape index (κ2) is 7.21. The topological polar surface area (TPSA) is 85.1 Å². The van der Waals surface area contributed by atoms with Gasteiger partial charge in [0.1, 0.15) is 5.01 Å². The average molecular weight is 389 g/mol. The Kier molecular flexibility index (Phi) is 4.58. The molecule has 28 heavy (non-hydrogen) atoms. The van der Waals surface area contributed by atoms with Gasteiger partial charge >= 0.3 is 0 Å². The second-order valence-corrected chi connectivity index (χ2v) is 7.28. The lowest BCUT2D eigenvalue weighted by atomic mass is 10.1. The van der Waals surface area contributed by atoms with Crippen LogP contribution in [0.1, 0.15) is 15.9 Å². The molecule has 0 bridgehead atoms. The van der Waals surface area contributed by atoms with Crippen molar-refractivity contribution in [2.75, 3.05) is 5.32 Å². The van der Waals surface area contributed by atoms with Crippen LogP contribution in [-0.4, -0.2) is 15.8 Å². The lowest BCUT2D eigenvalue weighted by Crippen LogP contribution is -2.13. The number of aromatic nitrogens is 1. The zero-order valence-electron chi connectivity index (χ0n) is 14.9. The van der Waals surface area contributed by atoms with Gasteiger partial charge in [-0.3, -0.25) is 14.9 Å². The summed E-state index contributed by atoms with van der Waals surface area (Å²) in [5.74, 6) is -0.327. The van der Waals surface area contributed by atoms with E-state index in [0.717, 1.165) is 20.8 Å². The van der Waals surface area contributed by atoms with Gasteiger partial charge in [0.2, 0.25) is 0 Å². The van der Waals surface area contributed by atoms with Gasteiger partial charge in [-0.2, -0.15) is 0 Å². The van der Waals surface area contributed by atoms with E-state index in [1.54, 1.807) is 18.3 Å². The van der Waals surface area contributed by atoms with Crippen LogP contribution in [0.25, 0.3) is 20.8 Å². The molecule has 1 N–H and O–H groups in total. The first-order valence-electron chi connectivity index (χ1n) is 8.54.